The Kier molecular flexibility index (Phi) is 5.01. The quantitative estimate of drug-likeness (QED) is 0.857. The largest absolute Gasteiger partial charge is 0.351 e. The van der Waals surface area contributed by atoms with E-state index in [2.05, 4.69) is 9.36 Å². The molecular formula is C16H15ClF2N4OS. The van der Waals surface area contributed by atoms with Gasteiger partial charge in [-0.1, -0.05) is 17.2 Å². The van der Waals surface area contributed by atoms with Crippen LogP contribution in [0.3, 0.4) is 0 Å². The third-order valence-electron chi connectivity index (χ3n) is 4.05. The Balaban J connectivity index is 2.02. The van der Waals surface area contributed by atoms with Crippen LogP contribution in [0.4, 0.5) is 13.6 Å². The zero-order chi connectivity index (χ0) is 18.1. The fraction of sp³-hybridized carbons (Fsp3) is 0.312. The third-order valence-corrected chi connectivity index (χ3v) is 5.18. The van der Waals surface area contributed by atoms with Gasteiger partial charge in [-0.05, 0) is 43.1 Å². The van der Waals surface area contributed by atoms with Gasteiger partial charge in [-0.2, -0.15) is 4.37 Å². The summed E-state index contributed by atoms with van der Waals surface area (Å²) in [7, 11) is 0. The Morgan fingerprint density at radius 2 is 2.12 bits per heavy atom. The number of rotatable bonds is 2. The summed E-state index contributed by atoms with van der Waals surface area (Å²) in [6, 6.07) is 1.61. The first-order valence-electron chi connectivity index (χ1n) is 7.54. The van der Waals surface area contributed by atoms with Gasteiger partial charge in [0, 0.05) is 23.7 Å². The van der Waals surface area contributed by atoms with Gasteiger partial charge in [0.2, 0.25) is 0 Å². The second-order valence-electron chi connectivity index (χ2n) is 5.77. The third kappa shape index (κ3) is 3.80. The van der Waals surface area contributed by atoms with E-state index >= 15 is 0 Å². The molecule has 1 unspecified atom stereocenters. The van der Waals surface area contributed by atoms with E-state index in [0.29, 0.717) is 30.3 Å². The van der Waals surface area contributed by atoms with Crippen molar-refractivity contribution in [1.82, 2.24) is 14.3 Å². The first-order valence-corrected chi connectivity index (χ1v) is 8.70. The Bertz CT molecular complexity index is 831. The molecule has 0 radical (unpaired) electrons. The van der Waals surface area contributed by atoms with Crippen molar-refractivity contribution in [2.45, 2.75) is 19.3 Å². The van der Waals surface area contributed by atoms with E-state index in [-0.39, 0.29) is 16.5 Å². The number of carbonyl (C=O) groups is 1. The molecule has 2 N–H and O–H groups in total. The van der Waals surface area contributed by atoms with E-state index in [1.165, 1.54) is 22.5 Å². The van der Waals surface area contributed by atoms with Gasteiger partial charge in [-0.25, -0.2) is 18.6 Å². The van der Waals surface area contributed by atoms with Crippen molar-refractivity contribution in [3.05, 3.63) is 50.8 Å². The zero-order valence-corrected chi connectivity index (χ0v) is 14.9. The van der Waals surface area contributed by atoms with E-state index in [9.17, 15) is 13.6 Å². The lowest BCUT2D eigenvalue weighted by Gasteiger charge is -2.32. The molecule has 0 bridgehead atoms. The summed E-state index contributed by atoms with van der Waals surface area (Å²) in [6.07, 6.45) is 1.91. The maximum absolute atomic E-state index is 14.1. The number of urea groups is 1. The topological polar surface area (TPSA) is 72.1 Å². The second kappa shape index (κ2) is 7.05. The highest BCUT2D eigenvalue weighted by atomic mass is 35.5. The zero-order valence-electron chi connectivity index (χ0n) is 13.3. The minimum Gasteiger partial charge on any atom is -0.351 e. The van der Waals surface area contributed by atoms with Crippen LogP contribution in [0.2, 0.25) is 5.02 Å². The number of nitrogens with zero attached hydrogens (tertiary/aromatic N) is 3. The first-order chi connectivity index (χ1) is 11.8. The molecule has 2 heterocycles. The van der Waals surface area contributed by atoms with Gasteiger partial charge < -0.3 is 10.6 Å². The maximum atomic E-state index is 14.1. The Labute approximate surface area is 152 Å². The van der Waals surface area contributed by atoms with Crippen LogP contribution in [-0.2, 0) is 0 Å². The number of aryl methyl sites for hydroxylation is 1. The molecule has 0 saturated carbocycles. The minimum absolute atomic E-state index is 0.00278. The van der Waals surface area contributed by atoms with Crippen LogP contribution >= 0.6 is 23.1 Å². The predicted molar refractivity (Wildman–Crippen MR) is 92.5 cm³/mol. The molecule has 0 aliphatic carbocycles. The molecular weight excluding hydrogens is 370 g/mol. The van der Waals surface area contributed by atoms with Crippen LogP contribution in [-0.4, -0.2) is 33.4 Å². The number of hydrogen-bond acceptors (Lipinski definition) is 4. The molecule has 1 atom stereocenters. The van der Waals surface area contributed by atoms with Crippen molar-refractivity contribution >= 4 is 35.2 Å². The highest BCUT2D eigenvalue weighted by Crippen LogP contribution is 2.35. The van der Waals surface area contributed by atoms with Gasteiger partial charge >= 0.3 is 6.03 Å². The van der Waals surface area contributed by atoms with Crippen molar-refractivity contribution in [2.24, 2.45) is 5.73 Å². The van der Waals surface area contributed by atoms with E-state index in [0.717, 1.165) is 17.7 Å². The molecule has 1 saturated heterocycles. The maximum Gasteiger partial charge on any atom is 0.314 e. The molecule has 3 rings (SSSR count). The standard InChI is InChI=1S/C16H15ClF2N4OS/c1-8-21-15(25-22-8)12-7-23(16(20)24)3-2-9(12)4-11-13(18)5-10(17)6-14(11)19/h4-6,12H,2-3,7H2,1H3,(H2,20,24). The Morgan fingerprint density at radius 1 is 1.44 bits per heavy atom. The molecule has 9 heteroatoms. The van der Waals surface area contributed by atoms with Crippen molar-refractivity contribution in [2.75, 3.05) is 13.1 Å². The number of benzene rings is 1. The van der Waals surface area contributed by atoms with Gasteiger partial charge in [-0.3, -0.25) is 0 Å². The van der Waals surface area contributed by atoms with Crippen LogP contribution in [0.5, 0.6) is 0 Å². The van der Waals surface area contributed by atoms with E-state index in [1.54, 1.807) is 6.92 Å². The number of aromatic nitrogens is 2. The van der Waals surface area contributed by atoms with Crippen LogP contribution in [0.15, 0.2) is 17.7 Å². The van der Waals surface area contributed by atoms with Gasteiger partial charge in [0.05, 0.1) is 5.92 Å². The smallest absolute Gasteiger partial charge is 0.314 e. The number of hydrogen-bond donors (Lipinski definition) is 1. The molecule has 1 fully saturated rings. The molecule has 2 aromatic rings. The summed E-state index contributed by atoms with van der Waals surface area (Å²) in [5.74, 6) is -1.16. The number of carbonyl (C=O) groups excluding carboxylic acids is 1. The predicted octanol–water partition coefficient (Wildman–Crippen LogP) is 3.73. The number of halogens is 3. The molecule has 2 amide bonds. The minimum atomic E-state index is -0.734. The van der Waals surface area contributed by atoms with Crippen molar-refractivity contribution < 1.29 is 13.6 Å². The Hall–Kier alpha value is -2.06. The van der Waals surface area contributed by atoms with Crippen molar-refractivity contribution in [3.8, 4) is 0 Å². The van der Waals surface area contributed by atoms with E-state index in [4.69, 9.17) is 17.3 Å². The lowest BCUT2D eigenvalue weighted by atomic mass is 9.90. The Morgan fingerprint density at radius 3 is 2.68 bits per heavy atom. The molecule has 132 valence electrons. The molecule has 25 heavy (non-hydrogen) atoms. The summed E-state index contributed by atoms with van der Waals surface area (Å²) in [5, 5.41) is 0.682. The van der Waals surface area contributed by atoms with Gasteiger partial charge in [0.15, 0.2) is 0 Å². The average Bonchev–Trinajstić information content (AvgIpc) is 2.97. The fourth-order valence-corrected chi connectivity index (χ4v) is 3.79. The van der Waals surface area contributed by atoms with E-state index in [1.807, 2.05) is 0 Å². The molecule has 5 nitrogen and oxygen atoms in total. The van der Waals surface area contributed by atoms with Crippen molar-refractivity contribution in [3.63, 3.8) is 0 Å². The molecule has 1 aliphatic heterocycles. The number of likely N-dealkylation sites (tertiary alicyclic amines) is 1. The molecule has 1 aromatic heterocycles. The van der Waals surface area contributed by atoms with Crippen LogP contribution < -0.4 is 5.73 Å². The van der Waals surface area contributed by atoms with Gasteiger partial charge in [-0.15, -0.1) is 0 Å². The normalized spacial score (nSPS) is 19.4. The molecule has 1 aromatic carbocycles. The number of amides is 2. The van der Waals surface area contributed by atoms with Gasteiger partial charge in [0.1, 0.15) is 22.5 Å². The summed E-state index contributed by atoms with van der Waals surface area (Å²) < 4.78 is 32.4. The fourth-order valence-electron chi connectivity index (χ4n) is 2.81. The highest BCUT2D eigenvalue weighted by Gasteiger charge is 2.30. The first kappa shape index (κ1) is 17.8. The van der Waals surface area contributed by atoms with Gasteiger partial charge in [0.25, 0.3) is 0 Å². The van der Waals surface area contributed by atoms with E-state index < -0.39 is 17.7 Å². The second-order valence-corrected chi connectivity index (χ2v) is 6.99. The lowest BCUT2D eigenvalue weighted by Crippen LogP contribution is -2.43. The monoisotopic (exact) mass is 384 g/mol. The van der Waals surface area contributed by atoms with Crippen LogP contribution in [0, 0.1) is 18.6 Å². The number of primary amides is 1. The van der Waals surface area contributed by atoms with Crippen LogP contribution in [0.25, 0.3) is 6.08 Å². The highest BCUT2D eigenvalue weighted by molar-refractivity contribution is 7.05. The summed E-state index contributed by atoms with van der Waals surface area (Å²) in [6.45, 7) is 2.44. The summed E-state index contributed by atoms with van der Waals surface area (Å²) in [5.41, 5.74) is 5.99. The average molecular weight is 385 g/mol. The molecule has 0 spiro atoms. The number of nitrogens with two attached hydrogens (primary N) is 1. The van der Waals surface area contributed by atoms with Crippen molar-refractivity contribution in [1.29, 1.82) is 0 Å². The van der Waals surface area contributed by atoms with Crippen LogP contribution in [0.1, 0.15) is 28.7 Å². The SMILES string of the molecule is Cc1nsc(C2CN(C(N)=O)CCC2=Cc2c(F)cc(Cl)cc2F)n1. The summed E-state index contributed by atoms with van der Waals surface area (Å²) in [4.78, 5) is 17.4. The molecule has 1 aliphatic rings. The summed E-state index contributed by atoms with van der Waals surface area (Å²) >= 11 is 6.88. The number of piperidine rings is 1. The lowest BCUT2D eigenvalue weighted by molar-refractivity contribution is 0.199.